The maximum absolute atomic E-state index is 10.7. The molecule has 0 atom stereocenters. The Hall–Kier alpha value is -1.81. The Morgan fingerprint density at radius 2 is 2.11 bits per heavy atom. The third-order valence-electron chi connectivity index (χ3n) is 2.72. The van der Waals surface area contributed by atoms with Gasteiger partial charge < -0.3 is 5.11 Å². The molecular weight excluding hydrogens is 252 g/mol. The Morgan fingerprint density at radius 1 is 1.39 bits per heavy atom. The van der Waals surface area contributed by atoms with Crippen molar-refractivity contribution in [2.24, 2.45) is 0 Å². The predicted octanol–water partition coefficient (Wildman–Crippen LogP) is 2.97. The van der Waals surface area contributed by atoms with Crippen LogP contribution in [0, 0.1) is 13.8 Å². The van der Waals surface area contributed by atoms with Crippen LogP contribution in [0.3, 0.4) is 0 Å². The van der Waals surface area contributed by atoms with Gasteiger partial charge in [0.25, 0.3) is 0 Å². The number of nitrogens with zero attached hydrogens (tertiary/aromatic N) is 1. The van der Waals surface area contributed by atoms with E-state index in [2.05, 4.69) is 10.2 Å². The molecule has 94 valence electrons. The topological polar surface area (TPSA) is 66.0 Å². The molecule has 0 saturated heterocycles. The highest BCUT2D eigenvalue weighted by Crippen LogP contribution is 2.28. The van der Waals surface area contributed by atoms with E-state index < -0.39 is 5.97 Å². The summed E-state index contributed by atoms with van der Waals surface area (Å²) in [6, 6.07) is 5.50. The number of carboxylic acids is 1. The van der Waals surface area contributed by atoms with Crippen LogP contribution in [0.5, 0.6) is 0 Å². The zero-order valence-corrected chi connectivity index (χ0v) is 10.9. The summed E-state index contributed by atoms with van der Waals surface area (Å²) in [6.45, 7) is 3.84. The lowest BCUT2D eigenvalue weighted by Gasteiger charge is -2.08. The molecule has 2 N–H and O–H groups in total. The fourth-order valence-electron chi connectivity index (χ4n) is 1.87. The standard InChI is InChI=1S/C13H13ClN2O2/c1-7-3-9(5-13(17)18)11(14)6-10(7)12-4-8(2)15-16-12/h3-4,6H,5H2,1-2H3,(H,15,16)(H,17,18). The lowest BCUT2D eigenvalue weighted by atomic mass is 10.0. The van der Waals surface area contributed by atoms with E-state index in [9.17, 15) is 4.79 Å². The zero-order chi connectivity index (χ0) is 13.3. The van der Waals surface area contributed by atoms with Gasteiger partial charge in [-0.05, 0) is 37.1 Å². The highest BCUT2D eigenvalue weighted by Gasteiger charge is 2.12. The summed E-state index contributed by atoms with van der Waals surface area (Å²) in [4.78, 5) is 10.7. The molecule has 0 saturated carbocycles. The molecule has 0 fully saturated rings. The fourth-order valence-corrected chi connectivity index (χ4v) is 2.10. The number of benzene rings is 1. The molecule has 0 amide bonds. The molecule has 0 aliphatic carbocycles. The van der Waals surface area contributed by atoms with Crippen molar-refractivity contribution < 1.29 is 9.90 Å². The lowest BCUT2D eigenvalue weighted by molar-refractivity contribution is -0.136. The molecule has 4 nitrogen and oxygen atoms in total. The number of aryl methyl sites for hydroxylation is 2. The summed E-state index contributed by atoms with van der Waals surface area (Å²) in [5, 5.41) is 16.3. The van der Waals surface area contributed by atoms with Crippen LogP contribution >= 0.6 is 11.6 Å². The number of halogens is 1. The van der Waals surface area contributed by atoms with Crippen molar-refractivity contribution in [3.05, 3.63) is 40.0 Å². The van der Waals surface area contributed by atoms with Crippen LogP contribution in [0.15, 0.2) is 18.2 Å². The van der Waals surface area contributed by atoms with Gasteiger partial charge >= 0.3 is 5.97 Å². The van der Waals surface area contributed by atoms with Crippen LogP contribution < -0.4 is 0 Å². The minimum atomic E-state index is -0.889. The van der Waals surface area contributed by atoms with Gasteiger partial charge in [0.05, 0.1) is 12.1 Å². The van der Waals surface area contributed by atoms with Gasteiger partial charge in [-0.25, -0.2) is 0 Å². The highest BCUT2D eigenvalue weighted by molar-refractivity contribution is 6.31. The van der Waals surface area contributed by atoms with Crippen LogP contribution in [0.25, 0.3) is 11.3 Å². The van der Waals surface area contributed by atoms with Crippen molar-refractivity contribution in [1.29, 1.82) is 0 Å². The Morgan fingerprint density at radius 3 is 2.67 bits per heavy atom. The number of nitrogens with one attached hydrogen (secondary N) is 1. The molecule has 1 aromatic carbocycles. The van der Waals surface area contributed by atoms with E-state index in [0.717, 1.165) is 22.5 Å². The Bertz CT molecular complexity index is 605. The normalized spacial score (nSPS) is 10.6. The monoisotopic (exact) mass is 264 g/mol. The van der Waals surface area contributed by atoms with Crippen molar-refractivity contribution in [1.82, 2.24) is 10.2 Å². The largest absolute Gasteiger partial charge is 0.481 e. The number of hydrogen-bond donors (Lipinski definition) is 2. The van der Waals surface area contributed by atoms with Crippen LogP contribution in [0.1, 0.15) is 16.8 Å². The minimum absolute atomic E-state index is 0.0699. The summed E-state index contributed by atoms with van der Waals surface area (Å²) >= 11 is 6.10. The number of aromatic nitrogens is 2. The van der Waals surface area contributed by atoms with Gasteiger partial charge in [0.2, 0.25) is 0 Å². The SMILES string of the molecule is Cc1cc(-c2cc(Cl)c(CC(=O)O)cc2C)n[nH]1. The average molecular weight is 265 g/mol. The van der Waals surface area contributed by atoms with Gasteiger partial charge in [0.15, 0.2) is 0 Å². The van der Waals surface area contributed by atoms with Crippen molar-refractivity contribution in [2.75, 3.05) is 0 Å². The minimum Gasteiger partial charge on any atom is -0.481 e. The highest BCUT2D eigenvalue weighted by atomic mass is 35.5. The molecule has 0 aliphatic rings. The van der Waals surface area contributed by atoms with Crippen molar-refractivity contribution in [3.8, 4) is 11.3 Å². The smallest absolute Gasteiger partial charge is 0.307 e. The van der Waals surface area contributed by atoms with Gasteiger partial charge in [-0.1, -0.05) is 17.7 Å². The van der Waals surface area contributed by atoms with Gasteiger partial charge in [-0.15, -0.1) is 0 Å². The Balaban J connectivity index is 2.45. The number of carboxylic acid groups (broad SMARTS) is 1. The van der Waals surface area contributed by atoms with E-state index in [4.69, 9.17) is 16.7 Å². The molecule has 5 heteroatoms. The van der Waals surface area contributed by atoms with Gasteiger partial charge in [-0.3, -0.25) is 9.89 Å². The summed E-state index contributed by atoms with van der Waals surface area (Å²) in [7, 11) is 0. The molecule has 0 unspecified atom stereocenters. The molecule has 0 radical (unpaired) electrons. The molecule has 2 aromatic rings. The van der Waals surface area contributed by atoms with E-state index in [0.29, 0.717) is 10.6 Å². The number of carbonyl (C=O) groups is 1. The third kappa shape index (κ3) is 2.54. The zero-order valence-electron chi connectivity index (χ0n) is 10.1. The average Bonchev–Trinajstić information content (AvgIpc) is 2.69. The number of rotatable bonds is 3. The predicted molar refractivity (Wildman–Crippen MR) is 69.8 cm³/mol. The molecule has 1 heterocycles. The number of hydrogen-bond acceptors (Lipinski definition) is 2. The van der Waals surface area contributed by atoms with Crippen LogP contribution in [-0.2, 0) is 11.2 Å². The second-order valence-corrected chi connectivity index (χ2v) is 4.67. The Labute approximate surface area is 110 Å². The lowest BCUT2D eigenvalue weighted by Crippen LogP contribution is -2.01. The first kappa shape index (κ1) is 12.6. The molecule has 0 bridgehead atoms. The quantitative estimate of drug-likeness (QED) is 0.896. The van der Waals surface area contributed by atoms with Crippen molar-refractivity contribution in [3.63, 3.8) is 0 Å². The van der Waals surface area contributed by atoms with E-state index in [1.807, 2.05) is 19.9 Å². The van der Waals surface area contributed by atoms with E-state index in [1.165, 1.54) is 0 Å². The molecular formula is C13H13ClN2O2. The second kappa shape index (κ2) is 4.82. The maximum Gasteiger partial charge on any atom is 0.307 e. The summed E-state index contributed by atoms with van der Waals surface area (Å²) in [6.07, 6.45) is -0.0699. The van der Waals surface area contributed by atoms with Crippen molar-refractivity contribution >= 4 is 17.6 Å². The van der Waals surface area contributed by atoms with Crippen LogP contribution in [-0.4, -0.2) is 21.3 Å². The first-order valence-corrected chi connectivity index (χ1v) is 5.88. The van der Waals surface area contributed by atoms with Gasteiger partial charge in [0.1, 0.15) is 0 Å². The molecule has 18 heavy (non-hydrogen) atoms. The third-order valence-corrected chi connectivity index (χ3v) is 3.07. The van der Waals surface area contributed by atoms with Crippen molar-refractivity contribution in [2.45, 2.75) is 20.3 Å². The van der Waals surface area contributed by atoms with Crippen LogP contribution in [0.2, 0.25) is 5.02 Å². The first-order chi connectivity index (χ1) is 8.47. The second-order valence-electron chi connectivity index (χ2n) is 4.27. The summed E-state index contributed by atoms with van der Waals surface area (Å²) < 4.78 is 0. The van der Waals surface area contributed by atoms with E-state index in [-0.39, 0.29) is 6.42 Å². The molecule has 2 rings (SSSR count). The number of H-pyrrole nitrogens is 1. The Kier molecular flexibility index (Phi) is 3.39. The van der Waals surface area contributed by atoms with Crippen LogP contribution in [0.4, 0.5) is 0 Å². The van der Waals surface area contributed by atoms with E-state index >= 15 is 0 Å². The number of aliphatic carboxylic acids is 1. The molecule has 0 spiro atoms. The molecule has 0 aliphatic heterocycles. The first-order valence-electron chi connectivity index (χ1n) is 5.50. The van der Waals surface area contributed by atoms with E-state index in [1.54, 1.807) is 12.1 Å². The maximum atomic E-state index is 10.7. The fraction of sp³-hybridized carbons (Fsp3) is 0.231. The summed E-state index contributed by atoms with van der Waals surface area (Å²) in [5.74, 6) is -0.889. The number of aromatic amines is 1. The summed E-state index contributed by atoms with van der Waals surface area (Å²) in [5.41, 5.74) is 4.28. The van der Waals surface area contributed by atoms with Gasteiger partial charge in [-0.2, -0.15) is 5.10 Å². The molecule has 1 aromatic heterocycles. The van der Waals surface area contributed by atoms with Gasteiger partial charge in [0, 0.05) is 16.3 Å².